The molecule has 1 heterocycles. The van der Waals surface area contributed by atoms with Crippen LogP contribution in [0.25, 0.3) is 0 Å². The largest absolute Gasteiger partial charge is 0.493 e. The summed E-state index contributed by atoms with van der Waals surface area (Å²) in [6, 6.07) is 7.84. The van der Waals surface area contributed by atoms with Crippen LogP contribution in [0.1, 0.15) is 31.2 Å². The highest BCUT2D eigenvalue weighted by atomic mass is 16.5. The van der Waals surface area contributed by atoms with Gasteiger partial charge in [0, 0.05) is 16.9 Å². The van der Waals surface area contributed by atoms with Crippen LogP contribution < -0.4 is 10.1 Å². The van der Waals surface area contributed by atoms with Gasteiger partial charge in [-0.3, -0.25) is 4.79 Å². The quantitative estimate of drug-likeness (QED) is 0.882. The standard InChI is InChI=1S/C16H17NO4/c18-13(17-16(5-6-16)14(19)20)11-9-15(11)7-8-21-12-4-2-1-3-10(12)15/h1-4,11H,5-9H2,(H,17,18)(H,19,20)/t11-,15-/m0/s1. The number of para-hydroxylation sites is 1. The van der Waals surface area contributed by atoms with Crippen LogP contribution in [0.2, 0.25) is 0 Å². The smallest absolute Gasteiger partial charge is 0.329 e. The molecule has 5 nitrogen and oxygen atoms in total. The van der Waals surface area contributed by atoms with Gasteiger partial charge in [-0.15, -0.1) is 0 Å². The lowest BCUT2D eigenvalue weighted by Gasteiger charge is -2.27. The van der Waals surface area contributed by atoms with Crippen molar-refractivity contribution < 1.29 is 19.4 Å². The molecule has 2 N–H and O–H groups in total. The van der Waals surface area contributed by atoms with Crippen molar-refractivity contribution in [3.05, 3.63) is 29.8 Å². The predicted octanol–water partition coefficient (Wildman–Crippen LogP) is 1.46. The fraction of sp³-hybridized carbons (Fsp3) is 0.500. The number of benzene rings is 1. The van der Waals surface area contributed by atoms with Crippen molar-refractivity contribution in [2.24, 2.45) is 5.92 Å². The zero-order valence-corrected chi connectivity index (χ0v) is 11.6. The van der Waals surface area contributed by atoms with Crippen LogP contribution >= 0.6 is 0 Å². The number of ether oxygens (including phenoxy) is 1. The molecular formula is C16H17NO4. The normalized spacial score (nSPS) is 31.0. The Bertz CT molecular complexity index is 637. The molecule has 5 heteroatoms. The third kappa shape index (κ3) is 1.76. The first-order valence-corrected chi connectivity index (χ1v) is 7.35. The van der Waals surface area contributed by atoms with Gasteiger partial charge in [-0.05, 0) is 31.7 Å². The van der Waals surface area contributed by atoms with E-state index in [9.17, 15) is 14.7 Å². The molecule has 0 radical (unpaired) electrons. The molecule has 3 aliphatic rings. The summed E-state index contributed by atoms with van der Waals surface area (Å²) in [5.41, 5.74) is -0.0458. The van der Waals surface area contributed by atoms with Gasteiger partial charge in [-0.2, -0.15) is 0 Å². The number of carbonyl (C=O) groups is 2. The van der Waals surface area contributed by atoms with Crippen molar-refractivity contribution in [3.63, 3.8) is 0 Å². The Balaban J connectivity index is 1.56. The summed E-state index contributed by atoms with van der Waals surface area (Å²) >= 11 is 0. The molecule has 0 unspecified atom stereocenters. The molecule has 2 saturated carbocycles. The average molecular weight is 287 g/mol. The number of fused-ring (bicyclic) bond motifs is 2. The molecule has 4 rings (SSSR count). The minimum atomic E-state index is -0.994. The lowest BCUT2D eigenvalue weighted by atomic mass is 9.87. The Kier molecular flexibility index (Phi) is 2.41. The molecule has 1 aliphatic heterocycles. The first kappa shape index (κ1) is 12.7. The molecule has 1 spiro atoms. The average Bonchev–Trinajstić information content (AvgIpc) is 3.36. The highest BCUT2D eigenvalue weighted by Crippen LogP contribution is 2.61. The summed E-state index contributed by atoms with van der Waals surface area (Å²) < 4.78 is 5.65. The number of aliphatic carboxylic acids is 1. The molecule has 0 saturated heterocycles. The lowest BCUT2D eigenvalue weighted by Crippen LogP contribution is -2.44. The van der Waals surface area contributed by atoms with Crippen LogP contribution in [0.4, 0.5) is 0 Å². The lowest BCUT2D eigenvalue weighted by molar-refractivity contribution is -0.143. The highest BCUT2D eigenvalue weighted by Gasteiger charge is 2.63. The maximum atomic E-state index is 12.4. The first-order valence-electron chi connectivity index (χ1n) is 7.35. The van der Waals surface area contributed by atoms with Gasteiger partial charge >= 0.3 is 5.97 Å². The van der Waals surface area contributed by atoms with Gasteiger partial charge in [0.2, 0.25) is 5.91 Å². The van der Waals surface area contributed by atoms with E-state index in [4.69, 9.17) is 4.74 Å². The van der Waals surface area contributed by atoms with Crippen LogP contribution in [-0.2, 0) is 15.0 Å². The summed E-state index contributed by atoms with van der Waals surface area (Å²) in [7, 11) is 0. The SMILES string of the molecule is O=C(NC1(C(=O)O)CC1)[C@@H]1C[C@]12CCOc1ccccc12. The Morgan fingerprint density at radius 2 is 2.00 bits per heavy atom. The summed E-state index contributed by atoms with van der Waals surface area (Å²) in [6.07, 6.45) is 2.68. The second-order valence-electron chi connectivity index (χ2n) is 6.38. The van der Waals surface area contributed by atoms with Crippen LogP contribution in [0, 0.1) is 5.92 Å². The summed E-state index contributed by atoms with van der Waals surface area (Å²) in [4.78, 5) is 23.6. The molecule has 0 aromatic heterocycles. The van der Waals surface area contributed by atoms with Crippen molar-refractivity contribution in [1.29, 1.82) is 0 Å². The summed E-state index contributed by atoms with van der Waals surface area (Å²) in [5.74, 6) is -0.303. The Morgan fingerprint density at radius 3 is 2.71 bits per heavy atom. The Morgan fingerprint density at radius 1 is 1.24 bits per heavy atom. The van der Waals surface area contributed by atoms with Crippen LogP contribution in [-0.4, -0.2) is 29.1 Å². The molecular weight excluding hydrogens is 270 g/mol. The van der Waals surface area contributed by atoms with Gasteiger partial charge in [-0.1, -0.05) is 18.2 Å². The molecule has 2 fully saturated rings. The fourth-order valence-corrected chi connectivity index (χ4v) is 3.54. The van der Waals surface area contributed by atoms with E-state index in [2.05, 4.69) is 5.32 Å². The molecule has 0 bridgehead atoms. The minimum absolute atomic E-state index is 0.119. The van der Waals surface area contributed by atoms with Crippen LogP contribution in [0.5, 0.6) is 5.75 Å². The zero-order chi connectivity index (χ0) is 14.7. The van der Waals surface area contributed by atoms with E-state index >= 15 is 0 Å². The second-order valence-corrected chi connectivity index (χ2v) is 6.38. The zero-order valence-electron chi connectivity index (χ0n) is 11.6. The van der Waals surface area contributed by atoms with E-state index in [1.54, 1.807) is 0 Å². The van der Waals surface area contributed by atoms with Crippen LogP contribution in [0.15, 0.2) is 24.3 Å². The van der Waals surface area contributed by atoms with Gasteiger partial charge in [0.05, 0.1) is 6.61 Å². The maximum absolute atomic E-state index is 12.4. The number of carboxylic acids is 1. The van der Waals surface area contributed by atoms with Gasteiger partial charge in [0.1, 0.15) is 11.3 Å². The molecule has 2 aliphatic carbocycles. The van der Waals surface area contributed by atoms with E-state index in [1.807, 2.05) is 24.3 Å². The number of hydrogen-bond donors (Lipinski definition) is 2. The second kappa shape index (κ2) is 4.00. The topological polar surface area (TPSA) is 75.6 Å². The van der Waals surface area contributed by atoms with Crippen molar-refractivity contribution in [3.8, 4) is 5.75 Å². The number of hydrogen-bond acceptors (Lipinski definition) is 3. The van der Waals surface area contributed by atoms with Gasteiger partial charge < -0.3 is 15.2 Å². The third-order valence-electron chi connectivity index (χ3n) is 5.14. The number of nitrogens with one attached hydrogen (secondary N) is 1. The molecule has 2 atom stereocenters. The van der Waals surface area contributed by atoms with E-state index in [0.717, 1.165) is 24.2 Å². The number of amides is 1. The molecule has 21 heavy (non-hydrogen) atoms. The molecule has 1 aromatic rings. The number of carbonyl (C=O) groups excluding carboxylic acids is 1. The Labute approximate surface area is 122 Å². The van der Waals surface area contributed by atoms with Crippen LogP contribution in [0.3, 0.4) is 0 Å². The summed E-state index contributed by atoms with van der Waals surface area (Å²) in [6.45, 7) is 0.616. The fourth-order valence-electron chi connectivity index (χ4n) is 3.54. The molecule has 110 valence electrons. The van der Waals surface area contributed by atoms with Gasteiger partial charge in [0.25, 0.3) is 0 Å². The Hall–Kier alpha value is -2.04. The number of rotatable bonds is 3. The third-order valence-corrected chi connectivity index (χ3v) is 5.14. The summed E-state index contributed by atoms with van der Waals surface area (Å²) in [5, 5.41) is 11.9. The van der Waals surface area contributed by atoms with Crippen molar-refractivity contribution in [1.82, 2.24) is 5.32 Å². The van der Waals surface area contributed by atoms with Crippen molar-refractivity contribution in [2.45, 2.75) is 36.6 Å². The predicted molar refractivity (Wildman–Crippen MR) is 74.1 cm³/mol. The van der Waals surface area contributed by atoms with Crippen molar-refractivity contribution >= 4 is 11.9 Å². The number of carboxylic acid groups (broad SMARTS) is 1. The molecule has 1 aromatic carbocycles. The van der Waals surface area contributed by atoms with E-state index in [-0.39, 0.29) is 17.2 Å². The van der Waals surface area contributed by atoms with E-state index in [0.29, 0.717) is 19.4 Å². The van der Waals surface area contributed by atoms with Gasteiger partial charge in [0.15, 0.2) is 0 Å². The van der Waals surface area contributed by atoms with Gasteiger partial charge in [-0.25, -0.2) is 4.79 Å². The highest BCUT2D eigenvalue weighted by molar-refractivity contribution is 5.92. The minimum Gasteiger partial charge on any atom is -0.493 e. The van der Waals surface area contributed by atoms with Crippen molar-refractivity contribution in [2.75, 3.05) is 6.61 Å². The monoisotopic (exact) mass is 287 g/mol. The molecule has 1 amide bonds. The van der Waals surface area contributed by atoms with E-state index < -0.39 is 11.5 Å². The first-order chi connectivity index (χ1) is 10.1. The maximum Gasteiger partial charge on any atom is 0.329 e. The van der Waals surface area contributed by atoms with E-state index in [1.165, 1.54) is 0 Å².